The summed E-state index contributed by atoms with van der Waals surface area (Å²) < 4.78 is 32.4. The van der Waals surface area contributed by atoms with Crippen LogP contribution in [0, 0.1) is 18.7 Å². The summed E-state index contributed by atoms with van der Waals surface area (Å²) in [5.41, 5.74) is 6.55. The molecule has 1 heterocycles. The van der Waals surface area contributed by atoms with Crippen molar-refractivity contribution in [1.82, 2.24) is 4.90 Å². The fraction of sp³-hybridized carbons (Fsp3) is 0.567. The number of halogens is 1. The van der Waals surface area contributed by atoms with Crippen LogP contribution in [0.4, 0.5) is 4.39 Å². The molecule has 4 N–H and O–H groups in total. The number of nitrogens with two attached hydrogens (primary N) is 1. The molecule has 39 heavy (non-hydrogen) atoms. The fourth-order valence-electron chi connectivity index (χ4n) is 5.94. The predicted molar refractivity (Wildman–Crippen MR) is 146 cm³/mol. The molecule has 0 bridgehead atoms. The summed E-state index contributed by atoms with van der Waals surface area (Å²) in [5, 5.41) is 22.5. The van der Waals surface area contributed by atoms with Crippen LogP contribution in [-0.4, -0.2) is 79.8 Å². The van der Waals surface area contributed by atoms with Gasteiger partial charge in [0.05, 0.1) is 26.4 Å². The normalized spacial score (nSPS) is 24.9. The van der Waals surface area contributed by atoms with Gasteiger partial charge in [0, 0.05) is 37.8 Å². The first-order chi connectivity index (χ1) is 18.7. The second-order valence-corrected chi connectivity index (χ2v) is 10.8. The van der Waals surface area contributed by atoms with E-state index in [4.69, 9.17) is 19.9 Å². The number of carbonyl (C=O) groups is 1. The molecular weight excluding hydrogens is 503 g/mol. The van der Waals surface area contributed by atoms with E-state index in [-0.39, 0.29) is 37.0 Å². The molecule has 2 aliphatic rings. The third-order valence-corrected chi connectivity index (χ3v) is 8.05. The lowest BCUT2D eigenvalue weighted by Gasteiger charge is -2.43. The molecule has 1 aliphatic heterocycles. The van der Waals surface area contributed by atoms with Crippen LogP contribution in [-0.2, 0) is 19.9 Å². The number of morpholine rings is 1. The number of aliphatic hydroxyl groups excluding tert-OH is 1. The maximum absolute atomic E-state index is 15.6. The van der Waals surface area contributed by atoms with Gasteiger partial charge in [0.25, 0.3) is 0 Å². The molecule has 1 amide bonds. The van der Waals surface area contributed by atoms with Crippen LogP contribution in [0.3, 0.4) is 0 Å². The number of nitrogens with zero attached hydrogens (tertiary/aromatic N) is 1. The van der Waals surface area contributed by atoms with Crippen LogP contribution >= 0.6 is 0 Å². The first kappa shape index (κ1) is 29.4. The molecule has 4 rings (SSSR count). The molecule has 1 saturated heterocycles. The van der Waals surface area contributed by atoms with Crippen molar-refractivity contribution in [1.29, 1.82) is 0 Å². The highest BCUT2D eigenvalue weighted by molar-refractivity contribution is 5.79. The Balaban J connectivity index is 1.71. The number of benzene rings is 2. The van der Waals surface area contributed by atoms with E-state index >= 15 is 4.39 Å². The van der Waals surface area contributed by atoms with Crippen LogP contribution in [0.1, 0.15) is 43.2 Å². The molecule has 1 unspecified atom stereocenters. The molecule has 2 aromatic rings. The molecule has 0 aromatic heterocycles. The maximum Gasteiger partial charge on any atom is 0.226 e. The van der Waals surface area contributed by atoms with E-state index in [2.05, 4.69) is 0 Å². The number of methoxy groups -OCH3 is 2. The van der Waals surface area contributed by atoms with Gasteiger partial charge in [0.1, 0.15) is 23.3 Å². The van der Waals surface area contributed by atoms with Crippen LogP contribution < -0.4 is 10.5 Å². The van der Waals surface area contributed by atoms with Crippen molar-refractivity contribution < 1.29 is 33.6 Å². The number of unbranched alkanes of at least 4 members (excludes halogenated alkanes) is 1. The topological polar surface area (TPSA) is 114 Å². The zero-order chi connectivity index (χ0) is 28.2. The second-order valence-electron chi connectivity index (χ2n) is 10.8. The van der Waals surface area contributed by atoms with Gasteiger partial charge in [-0.3, -0.25) is 4.79 Å². The van der Waals surface area contributed by atoms with Gasteiger partial charge in [-0.15, -0.1) is 0 Å². The Morgan fingerprint density at radius 3 is 2.72 bits per heavy atom. The summed E-state index contributed by atoms with van der Waals surface area (Å²) in [6.07, 6.45) is 0.859. The van der Waals surface area contributed by atoms with Crippen molar-refractivity contribution in [3.63, 3.8) is 0 Å². The van der Waals surface area contributed by atoms with Crippen molar-refractivity contribution in [3.05, 3.63) is 53.3 Å². The third kappa shape index (κ3) is 6.44. The summed E-state index contributed by atoms with van der Waals surface area (Å²) in [7, 11) is 3.19. The first-order valence-electron chi connectivity index (χ1n) is 13.7. The van der Waals surface area contributed by atoms with Crippen LogP contribution in [0.5, 0.6) is 5.75 Å². The van der Waals surface area contributed by atoms with Gasteiger partial charge in [-0.1, -0.05) is 18.2 Å². The number of hydrogen-bond donors (Lipinski definition) is 3. The predicted octanol–water partition coefficient (Wildman–Crippen LogP) is 3.14. The Hall–Kier alpha value is -2.56. The van der Waals surface area contributed by atoms with E-state index < -0.39 is 29.7 Å². The van der Waals surface area contributed by atoms with E-state index in [0.717, 1.165) is 5.56 Å². The molecule has 214 valence electrons. The van der Waals surface area contributed by atoms with Crippen molar-refractivity contribution in [2.45, 2.75) is 62.9 Å². The van der Waals surface area contributed by atoms with Gasteiger partial charge in [-0.05, 0) is 73.9 Å². The van der Waals surface area contributed by atoms with Gasteiger partial charge in [0.15, 0.2) is 0 Å². The number of amides is 1. The monoisotopic (exact) mass is 544 g/mol. The Kier molecular flexibility index (Phi) is 9.61. The molecule has 9 heteroatoms. The number of aliphatic hydroxyl groups is 2. The zero-order valence-corrected chi connectivity index (χ0v) is 23.1. The summed E-state index contributed by atoms with van der Waals surface area (Å²) in [6.45, 7) is 3.20. The lowest BCUT2D eigenvalue weighted by atomic mass is 9.78. The lowest BCUT2D eigenvalue weighted by Crippen LogP contribution is -2.55. The van der Waals surface area contributed by atoms with Gasteiger partial charge in [0.2, 0.25) is 5.91 Å². The van der Waals surface area contributed by atoms with E-state index in [1.807, 2.05) is 19.1 Å². The SMILES string of the molecule is COCCCC[C@@](O)(c1cccc(F)c1-c1cc(C)cc(OC)c1)[C@H]1CN(C(=O)C2C[C@@H](N)[C@@H](O)C2)CCO1. The Labute approximate surface area is 229 Å². The molecule has 0 radical (unpaired) electrons. The van der Waals surface area contributed by atoms with Crippen molar-refractivity contribution in [2.24, 2.45) is 11.7 Å². The van der Waals surface area contributed by atoms with Crippen LogP contribution in [0.2, 0.25) is 0 Å². The Bertz CT molecular complexity index is 1140. The molecule has 1 saturated carbocycles. The highest BCUT2D eigenvalue weighted by Crippen LogP contribution is 2.42. The van der Waals surface area contributed by atoms with Gasteiger partial charge < -0.3 is 35.1 Å². The molecule has 0 spiro atoms. The zero-order valence-electron chi connectivity index (χ0n) is 23.1. The first-order valence-corrected chi connectivity index (χ1v) is 13.7. The third-order valence-electron chi connectivity index (χ3n) is 8.05. The Morgan fingerprint density at radius 1 is 1.23 bits per heavy atom. The number of ether oxygens (including phenoxy) is 3. The number of aryl methyl sites for hydroxylation is 1. The summed E-state index contributed by atoms with van der Waals surface area (Å²) in [4.78, 5) is 15.1. The molecular formula is C30H41FN2O6. The minimum absolute atomic E-state index is 0.0973. The standard InChI is InChI=1S/C30H41FN2O6/c1-19-13-20(15-22(14-19)38-3)28-23(7-6-8-24(28)31)30(36,9-4-5-11-37-2)27-18-33(10-12-39-27)29(35)21-16-25(32)26(34)17-21/h6-8,13-15,21,25-27,34,36H,4-5,9-12,16-18,32H2,1-3H3/t21?,25-,26+,27-,30-/m1/s1. The quantitative estimate of drug-likeness (QED) is 0.394. The fourth-order valence-corrected chi connectivity index (χ4v) is 5.94. The summed E-state index contributed by atoms with van der Waals surface area (Å²) in [6, 6.07) is 9.77. The molecule has 2 fully saturated rings. The molecule has 2 aromatic carbocycles. The summed E-state index contributed by atoms with van der Waals surface area (Å²) in [5.74, 6) is -0.341. The largest absolute Gasteiger partial charge is 0.497 e. The minimum atomic E-state index is -1.59. The minimum Gasteiger partial charge on any atom is -0.497 e. The lowest BCUT2D eigenvalue weighted by molar-refractivity contribution is -0.167. The van der Waals surface area contributed by atoms with Gasteiger partial charge in [-0.2, -0.15) is 0 Å². The van der Waals surface area contributed by atoms with Crippen molar-refractivity contribution in [2.75, 3.05) is 40.5 Å². The number of rotatable bonds is 10. The van der Waals surface area contributed by atoms with Crippen LogP contribution in [0.25, 0.3) is 11.1 Å². The molecule has 8 nitrogen and oxygen atoms in total. The molecule has 1 aliphatic carbocycles. The van der Waals surface area contributed by atoms with Crippen molar-refractivity contribution in [3.8, 4) is 16.9 Å². The summed E-state index contributed by atoms with van der Waals surface area (Å²) >= 11 is 0. The van der Waals surface area contributed by atoms with Crippen LogP contribution in [0.15, 0.2) is 36.4 Å². The van der Waals surface area contributed by atoms with Gasteiger partial charge >= 0.3 is 0 Å². The van der Waals surface area contributed by atoms with E-state index in [1.165, 1.54) is 6.07 Å². The highest BCUT2D eigenvalue weighted by atomic mass is 19.1. The smallest absolute Gasteiger partial charge is 0.226 e. The number of hydrogen-bond acceptors (Lipinski definition) is 7. The van der Waals surface area contributed by atoms with E-state index in [9.17, 15) is 15.0 Å². The average Bonchev–Trinajstić information content (AvgIpc) is 3.27. The van der Waals surface area contributed by atoms with Gasteiger partial charge in [-0.25, -0.2) is 4.39 Å². The molecule has 5 atom stereocenters. The average molecular weight is 545 g/mol. The highest BCUT2D eigenvalue weighted by Gasteiger charge is 2.46. The maximum atomic E-state index is 15.6. The van der Waals surface area contributed by atoms with E-state index in [1.54, 1.807) is 37.3 Å². The van der Waals surface area contributed by atoms with Crippen molar-refractivity contribution >= 4 is 5.91 Å². The second kappa shape index (κ2) is 12.7. The Morgan fingerprint density at radius 2 is 2.03 bits per heavy atom. The number of carbonyl (C=O) groups excluding carboxylic acids is 1. The van der Waals surface area contributed by atoms with E-state index in [0.29, 0.717) is 55.7 Å².